The van der Waals surface area contributed by atoms with Crippen LogP contribution >= 0.6 is 0 Å². The maximum absolute atomic E-state index is 8.93. The van der Waals surface area contributed by atoms with Gasteiger partial charge in [-0.15, -0.1) is 0 Å². The molecular weight excluding hydrogens is 286 g/mol. The zero-order valence-electron chi connectivity index (χ0n) is 14.0. The lowest BCUT2D eigenvalue weighted by Crippen LogP contribution is -2.08. The average Bonchev–Trinajstić information content (AvgIpc) is 2.83. The molecule has 0 amide bonds. The number of benzene rings is 2. The van der Waals surface area contributed by atoms with Gasteiger partial charge in [0.15, 0.2) is 0 Å². The molecule has 3 aromatic rings. The molecule has 0 spiro atoms. The van der Waals surface area contributed by atoms with Crippen LogP contribution in [0.3, 0.4) is 0 Å². The third-order valence-corrected chi connectivity index (χ3v) is 4.54. The molecule has 3 rings (SSSR count). The van der Waals surface area contributed by atoms with Crippen LogP contribution in [-0.4, -0.2) is 21.0 Å². The predicted molar refractivity (Wildman–Crippen MR) is 93.6 cm³/mol. The van der Waals surface area contributed by atoms with Crippen LogP contribution in [0.25, 0.3) is 11.0 Å². The number of para-hydroxylation sites is 2. The third-order valence-electron chi connectivity index (χ3n) is 4.54. The van der Waals surface area contributed by atoms with Gasteiger partial charge in [-0.1, -0.05) is 23.4 Å². The minimum atomic E-state index is 0.760. The summed E-state index contributed by atoms with van der Waals surface area (Å²) in [7, 11) is 0. The first kappa shape index (κ1) is 15.3. The maximum atomic E-state index is 8.93. The van der Waals surface area contributed by atoms with Crippen molar-refractivity contribution in [2.24, 2.45) is 5.16 Å². The summed E-state index contributed by atoms with van der Waals surface area (Å²) in [4.78, 5) is 4.64. The van der Waals surface area contributed by atoms with Crippen LogP contribution in [0.1, 0.15) is 33.6 Å². The Morgan fingerprint density at radius 1 is 1.13 bits per heavy atom. The van der Waals surface area contributed by atoms with E-state index in [1.165, 1.54) is 17.3 Å². The summed E-state index contributed by atoms with van der Waals surface area (Å²) in [6, 6.07) is 10.3. The normalized spacial score (nSPS) is 11.7. The van der Waals surface area contributed by atoms with Crippen molar-refractivity contribution in [1.29, 1.82) is 0 Å². The van der Waals surface area contributed by atoms with E-state index in [2.05, 4.69) is 40.7 Å². The zero-order chi connectivity index (χ0) is 16.6. The number of rotatable bonds is 3. The number of aryl methyl sites for hydroxylation is 3. The summed E-state index contributed by atoms with van der Waals surface area (Å²) in [5.41, 5.74) is 7.90. The number of aromatic nitrogens is 2. The van der Waals surface area contributed by atoms with Gasteiger partial charge in [0.05, 0.1) is 17.2 Å². The Hall–Kier alpha value is -2.62. The van der Waals surface area contributed by atoms with Crippen molar-refractivity contribution in [3.63, 3.8) is 0 Å². The molecule has 118 valence electrons. The van der Waals surface area contributed by atoms with E-state index in [0.717, 1.165) is 40.1 Å². The molecular formula is C19H21N3O. The number of imidazole rings is 1. The van der Waals surface area contributed by atoms with E-state index < -0.39 is 0 Å². The summed E-state index contributed by atoms with van der Waals surface area (Å²) in [5, 5.41) is 12.1. The zero-order valence-corrected chi connectivity index (χ0v) is 14.0. The van der Waals surface area contributed by atoms with E-state index in [1.54, 1.807) is 0 Å². The van der Waals surface area contributed by atoms with Crippen molar-refractivity contribution in [2.75, 3.05) is 0 Å². The van der Waals surface area contributed by atoms with Crippen LogP contribution in [0.2, 0.25) is 0 Å². The van der Waals surface area contributed by atoms with E-state index in [1.807, 2.05) is 32.0 Å². The second-order valence-electron chi connectivity index (χ2n) is 6.01. The fourth-order valence-electron chi connectivity index (χ4n) is 3.30. The summed E-state index contributed by atoms with van der Waals surface area (Å²) >= 11 is 0. The highest BCUT2D eigenvalue weighted by atomic mass is 16.4. The molecule has 1 N–H and O–H groups in total. The SMILES string of the molecule is Cc1cc(C)c(Cn2c(C)nc3ccccc32)c(C)c1/C=N/O. The molecule has 2 aromatic carbocycles. The molecule has 0 aliphatic rings. The van der Waals surface area contributed by atoms with Crippen LogP contribution in [0.4, 0.5) is 0 Å². The highest BCUT2D eigenvalue weighted by Crippen LogP contribution is 2.24. The predicted octanol–water partition coefficient (Wildman–Crippen LogP) is 4.13. The molecule has 0 bridgehead atoms. The van der Waals surface area contributed by atoms with E-state index >= 15 is 0 Å². The molecule has 1 aromatic heterocycles. The Balaban J connectivity index is 2.16. The van der Waals surface area contributed by atoms with Crippen LogP contribution in [-0.2, 0) is 6.54 Å². The topological polar surface area (TPSA) is 50.4 Å². The van der Waals surface area contributed by atoms with Gasteiger partial charge in [0.1, 0.15) is 5.82 Å². The van der Waals surface area contributed by atoms with Crippen LogP contribution in [0.15, 0.2) is 35.5 Å². The van der Waals surface area contributed by atoms with Gasteiger partial charge in [0, 0.05) is 12.1 Å². The fourth-order valence-corrected chi connectivity index (χ4v) is 3.30. The summed E-state index contributed by atoms with van der Waals surface area (Å²) < 4.78 is 2.24. The van der Waals surface area contributed by atoms with E-state index in [-0.39, 0.29) is 0 Å². The van der Waals surface area contributed by atoms with Gasteiger partial charge >= 0.3 is 0 Å². The van der Waals surface area contributed by atoms with Crippen molar-refractivity contribution < 1.29 is 5.21 Å². The second-order valence-corrected chi connectivity index (χ2v) is 6.01. The molecule has 0 saturated carbocycles. The largest absolute Gasteiger partial charge is 0.411 e. The molecule has 0 aliphatic carbocycles. The highest BCUT2D eigenvalue weighted by molar-refractivity contribution is 5.84. The quantitative estimate of drug-likeness (QED) is 0.449. The molecule has 0 radical (unpaired) electrons. The number of hydrogen-bond donors (Lipinski definition) is 1. The molecule has 0 aliphatic heterocycles. The minimum absolute atomic E-state index is 0.760. The lowest BCUT2D eigenvalue weighted by Gasteiger charge is -2.16. The molecule has 4 heteroatoms. The first-order chi connectivity index (χ1) is 11.0. The van der Waals surface area contributed by atoms with Gasteiger partial charge in [-0.25, -0.2) is 4.98 Å². The summed E-state index contributed by atoms with van der Waals surface area (Å²) in [6.07, 6.45) is 1.52. The Labute approximate surface area is 136 Å². The standard InChI is InChI=1S/C19H21N3O/c1-12-9-13(2)17(14(3)16(12)10-20-23)11-22-15(4)21-18-7-5-6-8-19(18)22/h5-10,23H,11H2,1-4H3/b20-10+. The van der Waals surface area contributed by atoms with E-state index in [4.69, 9.17) is 5.21 Å². The maximum Gasteiger partial charge on any atom is 0.107 e. The van der Waals surface area contributed by atoms with Crippen LogP contribution in [0.5, 0.6) is 0 Å². The first-order valence-electron chi connectivity index (χ1n) is 7.72. The second kappa shape index (κ2) is 5.88. The van der Waals surface area contributed by atoms with Crippen LogP contribution < -0.4 is 0 Å². The van der Waals surface area contributed by atoms with E-state index in [0.29, 0.717) is 0 Å². The Kier molecular flexibility index (Phi) is 3.90. The highest BCUT2D eigenvalue weighted by Gasteiger charge is 2.13. The van der Waals surface area contributed by atoms with Crippen molar-refractivity contribution in [1.82, 2.24) is 9.55 Å². The molecule has 0 unspecified atom stereocenters. The molecule has 0 saturated heterocycles. The van der Waals surface area contributed by atoms with Gasteiger partial charge in [0.25, 0.3) is 0 Å². The van der Waals surface area contributed by atoms with Gasteiger partial charge in [0.2, 0.25) is 0 Å². The summed E-state index contributed by atoms with van der Waals surface area (Å²) in [6.45, 7) is 9.05. The van der Waals surface area contributed by atoms with E-state index in [9.17, 15) is 0 Å². The lowest BCUT2D eigenvalue weighted by molar-refractivity contribution is 0.322. The average molecular weight is 307 g/mol. The summed E-state index contributed by atoms with van der Waals surface area (Å²) in [5.74, 6) is 1.00. The lowest BCUT2D eigenvalue weighted by atomic mass is 9.94. The Morgan fingerprint density at radius 2 is 1.87 bits per heavy atom. The number of hydrogen-bond acceptors (Lipinski definition) is 3. The molecule has 23 heavy (non-hydrogen) atoms. The van der Waals surface area contributed by atoms with Crippen LogP contribution in [0, 0.1) is 27.7 Å². The van der Waals surface area contributed by atoms with Gasteiger partial charge in [-0.2, -0.15) is 0 Å². The number of nitrogens with zero attached hydrogens (tertiary/aromatic N) is 3. The van der Waals surface area contributed by atoms with Gasteiger partial charge in [-0.05, 0) is 62.1 Å². The van der Waals surface area contributed by atoms with Crippen molar-refractivity contribution >= 4 is 17.2 Å². The van der Waals surface area contributed by atoms with Gasteiger partial charge in [-0.3, -0.25) is 0 Å². The third kappa shape index (κ3) is 2.61. The molecule has 0 atom stereocenters. The molecule has 1 heterocycles. The number of oxime groups is 1. The first-order valence-corrected chi connectivity index (χ1v) is 7.72. The smallest absolute Gasteiger partial charge is 0.107 e. The van der Waals surface area contributed by atoms with Crippen molar-refractivity contribution in [2.45, 2.75) is 34.2 Å². The number of fused-ring (bicyclic) bond motifs is 1. The van der Waals surface area contributed by atoms with Crippen molar-refractivity contribution in [3.05, 3.63) is 64.0 Å². The van der Waals surface area contributed by atoms with Gasteiger partial charge < -0.3 is 9.77 Å². The molecule has 4 nitrogen and oxygen atoms in total. The fraction of sp³-hybridized carbons (Fsp3) is 0.263. The molecule has 0 fully saturated rings. The Bertz CT molecular complexity index is 907. The minimum Gasteiger partial charge on any atom is -0.411 e. The monoisotopic (exact) mass is 307 g/mol. The van der Waals surface area contributed by atoms with Crippen molar-refractivity contribution in [3.8, 4) is 0 Å². The Morgan fingerprint density at radius 3 is 2.61 bits per heavy atom.